The molecular formula is C28H28Ag2As2. The minimum absolute atomic E-state index is 0. The molecule has 4 heteroatoms. The third-order valence-corrected chi connectivity index (χ3v) is 15.8. The zero-order valence-corrected chi connectivity index (χ0v) is 24.6. The van der Waals surface area contributed by atoms with E-state index in [1.807, 2.05) is 24.3 Å². The van der Waals surface area contributed by atoms with Gasteiger partial charge in [0.05, 0.1) is 0 Å². The second-order valence-corrected chi connectivity index (χ2v) is 19.7. The van der Waals surface area contributed by atoms with Crippen LogP contribution in [0.5, 0.6) is 0 Å². The molecule has 0 fully saturated rings. The second kappa shape index (κ2) is 13.8. The summed E-state index contributed by atoms with van der Waals surface area (Å²) in [5, 5.41) is 8.74. The number of rotatable bonds is 4. The van der Waals surface area contributed by atoms with E-state index in [1.165, 1.54) is 17.4 Å². The smallest absolute Gasteiger partial charge is 1.00 e. The Labute approximate surface area is 229 Å². The van der Waals surface area contributed by atoms with Gasteiger partial charge < -0.3 is 0 Å². The van der Waals surface area contributed by atoms with Crippen LogP contribution >= 0.6 is 0 Å². The van der Waals surface area contributed by atoms with Crippen molar-refractivity contribution in [3.63, 3.8) is 0 Å². The summed E-state index contributed by atoms with van der Waals surface area (Å²) in [6, 6.07) is 41.7. The minimum Gasteiger partial charge on any atom is 1.00 e. The van der Waals surface area contributed by atoms with Crippen molar-refractivity contribution >= 4 is 54.2 Å². The normalized spacial score (nSPS) is 10.6. The van der Waals surface area contributed by atoms with Gasteiger partial charge in [0.15, 0.2) is 0 Å². The molecule has 4 aromatic carbocycles. The SMILES string of the molecule is C=[As]([CH2-])(c1ccccc1)c1ccccc1.C=[As]([CH2-])(c1ccccc1)c1ccccc1.[Ag+].[Ag+]. The molecule has 0 aliphatic heterocycles. The summed E-state index contributed by atoms with van der Waals surface area (Å²) < 4.78 is 5.23. The average molecular weight is 730 g/mol. The van der Waals surface area contributed by atoms with Gasteiger partial charge in [-0.3, -0.25) is 0 Å². The van der Waals surface area contributed by atoms with Crippen molar-refractivity contribution < 1.29 is 44.8 Å². The molecule has 0 saturated heterocycles. The Bertz CT molecular complexity index is 961. The predicted molar refractivity (Wildman–Crippen MR) is 141 cm³/mol. The zero-order valence-electron chi connectivity index (χ0n) is 17.9. The molecule has 0 radical (unpaired) electrons. The summed E-state index contributed by atoms with van der Waals surface area (Å²) in [7, 11) is 0. The van der Waals surface area contributed by atoms with Gasteiger partial charge in [0, 0.05) is 0 Å². The summed E-state index contributed by atoms with van der Waals surface area (Å²) in [6.45, 7) is 0. The van der Waals surface area contributed by atoms with Gasteiger partial charge in [-0.05, 0) is 0 Å². The zero-order chi connectivity index (χ0) is 21.5. The predicted octanol–water partition coefficient (Wildman–Crippen LogP) is 3.27. The summed E-state index contributed by atoms with van der Waals surface area (Å²) in [4.78, 5) is 0. The fraction of sp³-hybridized carbons (Fsp3) is 0. The molecule has 0 bridgehead atoms. The minimum atomic E-state index is -2.32. The molecule has 32 heavy (non-hydrogen) atoms. The van der Waals surface area contributed by atoms with Gasteiger partial charge in [0.25, 0.3) is 0 Å². The molecule has 0 aliphatic rings. The Morgan fingerprint density at radius 1 is 0.375 bits per heavy atom. The van der Waals surface area contributed by atoms with Crippen LogP contribution in [0.2, 0.25) is 0 Å². The third kappa shape index (κ3) is 7.63. The molecule has 0 heterocycles. The van der Waals surface area contributed by atoms with Gasteiger partial charge in [-0.25, -0.2) is 0 Å². The Morgan fingerprint density at radius 3 is 0.688 bits per heavy atom. The van der Waals surface area contributed by atoms with Crippen molar-refractivity contribution in [1.29, 1.82) is 0 Å². The molecule has 0 saturated carbocycles. The van der Waals surface area contributed by atoms with E-state index in [-0.39, 0.29) is 44.8 Å². The van der Waals surface area contributed by atoms with Gasteiger partial charge >= 0.3 is 232 Å². The summed E-state index contributed by atoms with van der Waals surface area (Å²) in [6.07, 6.45) is 0. The number of benzene rings is 4. The average Bonchev–Trinajstić information content (AvgIpc) is 2.82. The maximum Gasteiger partial charge on any atom is 1.00 e. The Balaban J connectivity index is 0.000000301. The molecule has 0 N–H and O–H groups in total. The van der Waals surface area contributed by atoms with Crippen LogP contribution in [-0.4, -0.2) is 36.8 Å². The van der Waals surface area contributed by atoms with E-state index in [0.29, 0.717) is 0 Å². The van der Waals surface area contributed by atoms with E-state index in [2.05, 4.69) is 119 Å². The van der Waals surface area contributed by atoms with Crippen LogP contribution < -0.4 is 17.4 Å². The first kappa shape index (κ1) is 29.2. The molecule has 0 nitrogen and oxygen atoms in total. The van der Waals surface area contributed by atoms with E-state index in [1.54, 1.807) is 0 Å². The van der Waals surface area contributed by atoms with Crippen molar-refractivity contribution in [2.45, 2.75) is 0 Å². The van der Waals surface area contributed by atoms with Crippen LogP contribution in [0.4, 0.5) is 0 Å². The van der Waals surface area contributed by atoms with E-state index in [0.717, 1.165) is 0 Å². The second-order valence-electron chi connectivity index (χ2n) is 7.28. The van der Waals surface area contributed by atoms with Crippen LogP contribution in [0.15, 0.2) is 121 Å². The number of hydrogen-bond acceptors (Lipinski definition) is 0. The van der Waals surface area contributed by atoms with Crippen molar-refractivity contribution in [1.82, 2.24) is 0 Å². The van der Waals surface area contributed by atoms with Crippen molar-refractivity contribution in [3.8, 4) is 0 Å². The molecule has 0 aromatic heterocycles. The molecular weight excluding hydrogens is 702 g/mol. The summed E-state index contributed by atoms with van der Waals surface area (Å²) >= 11 is -4.64. The van der Waals surface area contributed by atoms with Gasteiger partial charge in [0.1, 0.15) is 0 Å². The van der Waals surface area contributed by atoms with E-state index in [9.17, 15) is 0 Å². The van der Waals surface area contributed by atoms with Crippen LogP contribution in [0, 0.1) is 11.4 Å². The molecule has 4 aromatic rings. The van der Waals surface area contributed by atoms with Crippen molar-refractivity contribution in [2.75, 3.05) is 0 Å². The van der Waals surface area contributed by atoms with E-state index in [4.69, 9.17) is 0 Å². The Morgan fingerprint density at radius 2 is 0.531 bits per heavy atom. The fourth-order valence-electron chi connectivity index (χ4n) is 3.15. The summed E-state index contributed by atoms with van der Waals surface area (Å²) in [5.41, 5.74) is 8.74. The maximum absolute atomic E-state index is 4.37. The van der Waals surface area contributed by atoms with Gasteiger partial charge in [0.2, 0.25) is 0 Å². The van der Waals surface area contributed by atoms with Gasteiger partial charge in [-0.1, -0.05) is 0 Å². The maximum atomic E-state index is 4.37. The summed E-state index contributed by atoms with van der Waals surface area (Å²) in [5.74, 6) is 0. The van der Waals surface area contributed by atoms with Crippen LogP contribution in [0.3, 0.4) is 0 Å². The molecule has 0 spiro atoms. The Hall–Kier alpha value is -0.783. The number of hydrogen-bond donors (Lipinski definition) is 0. The van der Waals surface area contributed by atoms with Crippen LogP contribution in [-0.2, 0) is 44.8 Å². The monoisotopic (exact) mass is 728 g/mol. The third-order valence-electron chi connectivity index (χ3n) is 5.00. The first-order valence-corrected chi connectivity index (χ1v) is 18.9. The quantitative estimate of drug-likeness (QED) is 0.224. The van der Waals surface area contributed by atoms with Crippen LogP contribution in [0.1, 0.15) is 0 Å². The fourth-order valence-corrected chi connectivity index (χ4v) is 10.6. The van der Waals surface area contributed by atoms with E-state index < -0.39 is 26.2 Å². The largest absolute Gasteiger partial charge is 1.00 e. The first-order valence-electron chi connectivity index (χ1n) is 9.80. The van der Waals surface area contributed by atoms with Crippen molar-refractivity contribution in [2.24, 2.45) is 0 Å². The van der Waals surface area contributed by atoms with Crippen molar-refractivity contribution in [3.05, 3.63) is 133 Å². The molecule has 0 atom stereocenters. The molecule has 0 amide bonds. The Kier molecular flexibility index (Phi) is 12.6. The van der Waals surface area contributed by atoms with Gasteiger partial charge in [-0.2, -0.15) is 0 Å². The molecule has 172 valence electrons. The standard InChI is InChI=1S/2C14H14As.2Ag/c2*1-15(2,13-9-5-3-6-10-13)14-11-7-4-8-12-14;;/h2*3-12H,1-2H2;;/q2*-1;2*+1. The molecule has 0 aliphatic carbocycles. The topological polar surface area (TPSA) is 0 Å². The van der Waals surface area contributed by atoms with E-state index >= 15 is 0 Å². The molecule has 0 unspecified atom stereocenters. The first-order chi connectivity index (χ1) is 14.4. The van der Waals surface area contributed by atoms with Crippen LogP contribution in [0.25, 0.3) is 0 Å². The molecule has 4 rings (SSSR count). The van der Waals surface area contributed by atoms with Gasteiger partial charge in [-0.15, -0.1) is 0 Å².